The third-order valence-corrected chi connectivity index (χ3v) is 6.31. The lowest BCUT2D eigenvalue weighted by molar-refractivity contribution is -0.384. The number of nitro groups is 1. The molecule has 168 valence electrons. The lowest BCUT2D eigenvalue weighted by atomic mass is 10.0. The minimum absolute atomic E-state index is 0.116. The summed E-state index contributed by atoms with van der Waals surface area (Å²) >= 11 is 0.880. The molecule has 6 N–H and O–H groups in total. The predicted octanol–water partition coefficient (Wildman–Crippen LogP) is -2.05. The van der Waals surface area contributed by atoms with Gasteiger partial charge in [-0.25, -0.2) is 0 Å². The summed E-state index contributed by atoms with van der Waals surface area (Å²) in [5.74, 6) is 0.192. The van der Waals surface area contributed by atoms with Crippen LogP contribution in [0.2, 0.25) is 0 Å². The second-order valence-electron chi connectivity index (χ2n) is 6.92. The van der Waals surface area contributed by atoms with Gasteiger partial charge in [0.25, 0.3) is 5.69 Å². The number of hydrogen-bond acceptors (Lipinski definition) is 12. The second kappa shape index (κ2) is 9.72. The number of aliphatic hydroxyl groups excluding tert-OH is 6. The first-order chi connectivity index (χ1) is 14.2. The molecule has 2 aliphatic rings. The van der Waals surface area contributed by atoms with E-state index in [4.69, 9.17) is 14.2 Å². The number of nitrogens with zero attached hydrogens (tertiary/aromatic N) is 1. The minimum atomic E-state index is -1.56. The van der Waals surface area contributed by atoms with Crippen molar-refractivity contribution in [3.63, 3.8) is 0 Å². The zero-order chi connectivity index (χ0) is 22.0. The maximum atomic E-state index is 10.7. The van der Waals surface area contributed by atoms with Crippen molar-refractivity contribution >= 4 is 17.4 Å². The molecule has 0 bridgehead atoms. The molecule has 2 heterocycles. The van der Waals surface area contributed by atoms with Crippen LogP contribution in [-0.2, 0) is 9.47 Å². The smallest absolute Gasteiger partial charge is 0.269 e. The van der Waals surface area contributed by atoms with Crippen molar-refractivity contribution in [2.45, 2.75) is 53.6 Å². The van der Waals surface area contributed by atoms with Gasteiger partial charge >= 0.3 is 0 Å². The molecule has 2 fully saturated rings. The van der Waals surface area contributed by atoms with Crippen LogP contribution in [-0.4, -0.2) is 102 Å². The third kappa shape index (κ3) is 4.85. The highest BCUT2D eigenvalue weighted by Gasteiger charge is 2.47. The van der Waals surface area contributed by atoms with E-state index >= 15 is 0 Å². The second-order valence-corrected chi connectivity index (χ2v) is 8.27. The molecule has 9 atom stereocenters. The number of thioether (sulfide) groups is 1. The van der Waals surface area contributed by atoms with Crippen molar-refractivity contribution < 1.29 is 49.8 Å². The van der Waals surface area contributed by atoms with Crippen LogP contribution >= 0.6 is 11.8 Å². The van der Waals surface area contributed by atoms with Crippen LogP contribution in [0.1, 0.15) is 0 Å². The van der Waals surface area contributed by atoms with Gasteiger partial charge in [0.15, 0.2) is 0 Å². The highest BCUT2D eigenvalue weighted by atomic mass is 32.2. The van der Waals surface area contributed by atoms with Crippen LogP contribution < -0.4 is 4.74 Å². The van der Waals surface area contributed by atoms with Gasteiger partial charge in [0, 0.05) is 12.1 Å². The van der Waals surface area contributed by atoms with Gasteiger partial charge < -0.3 is 44.8 Å². The van der Waals surface area contributed by atoms with Gasteiger partial charge in [-0.05, 0) is 12.1 Å². The minimum Gasteiger partial charge on any atom is -0.462 e. The summed E-state index contributed by atoms with van der Waals surface area (Å²) in [7, 11) is 0. The molecule has 30 heavy (non-hydrogen) atoms. The molecular formula is C17H23NO11S. The van der Waals surface area contributed by atoms with E-state index in [1.54, 1.807) is 0 Å². The van der Waals surface area contributed by atoms with Crippen LogP contribution in [0, 0.1) is 10.1 Å². The standard InChI is InChI=1S/C17H23NO11S/c19-5-9-11(20)13(22)15(24)17(29-9)30-10-6-27-16(14(23)12(10)21)28-8-3-1-7(2-4-8)18(25)26/h1-4,9-17,19-24H,5-6H2/t9-,10-,11-,12+,13+,14-,15-,16+,17+/m1/s1. The Bertz CT molecular complexity index is 720. The van der Waals surface area contributed by atoms with Gasteiger partial charge in [-0.2, -0.15) is 0 Å². The molecule has 0 spiro atoms. The van der Waals surface area contributed by atoms with Crippen molar-refractivity contribution in [1.82, 2.24) is 0 Å². The fourth-order valence-corrected chi connectivity index (χ4v) is 4.48. The number of ether oxygens (including phenoxy) is 3. The number of rotatable bonds is 6. The Kier molecular flexibility index (Phi) is 7.49. The molecule has 1 aromatic rings. The molecule has 0 unspecified atom stereocenters. The topological polar surface area (TPSA) is 192 Å². The molecule has 0 aromatic heterocycles. The number of nitro benzene ring substituents is 1. The summed E-state index contributed by atoms with van der Waals surface area (Å²) in [6.07, 6.45) is -9.74. The van der Waals surface area contributed by atoms with Crippen molar-refractivity contribution in [2.75, 3.05) is 13.2 Å². The first kappa shape index (κ1) is 23.1. The van der Waals surface area contributed by atoms with E-state index < -0.39 is 65.1 Å². The van der Waals surface area contributed by atoms with Crippen LogP contribution in [0.25, 0.3) is 0 Å². The zero-order valence-corrected chi connectivity index (χ0v) is 16.3. The number of non-ortho nitro benzene ring substituents is 1. The quantitative estimate of drug-likeness (QED) is 0.206. The van der Waals surface area contributed by atoms with Crippen LogP contribution in [0.15, 0.2) is 24.3 Å². The largest absolute Gasteiger partial charge is 0.462 e. The van der Waals surface area contributed by atoms with Gasteiger partial charge in [0.2, 0.25) is 6.29 Å². The number of benzene rings is 1. The summed E-state index contributed by atoms with van der Waals surface area (Å²) in [6, 6.07) is 5.10. The molecule has 0 amide bonds. The highest BCUT2D eigenvalue weighted by Crippen LogP contribution is 2.35. The molecular weight excluding hydrogens is 426 g/mol. The Balaban J connectivity index is 1.60. The zero-order valence-electron chi connectivity index (χ0n) is 15.5. The van der Waals surface area contributed by atoms with Gasteiger partial charge in [-0.15, -0.1) is 11.8 Å². The van der Waals surface area contributed by atoms with Crippen molar-refractivity contribution in [3.05, 3.63) is 34.4 Å². The molecule has 3 rings (SSSR count). The Labute approximate surface area is 174 Å². The molecule has 12 nitrogen and oxygen atoms in total. The number of aliphatic hydroxyl groups is 6. The van der Waals surface area contributed by atoms with Crippen LogP contribution in [0.3, 0.4) is 0 Å². The summed E-state index contributed by atoms with van der Waals surface area (Å²) in [6.45, 7) is -0.699. The Hall–Kier alpha value is -1.55. The average molecular weight is 449 g/mol. The van der Waals surface area contributed by atoms with Crippen LogP contribution in [0.4, 0.5) is 5.69 Å². The molecule has 2 saturated heterocycles. The van der Waals surface area contributed by atoms with E-state index in [9.17, 15) is 40.8 Å². The fraction of sp³-hybridized carbons (Fsp3) is 0.647. The Morgan fingerprint density at radius 2 is 1.70 bits per heavy atom. The van der Waals surface area contributed by atoms with Gasteiger partial charge in [-0.3, -0.25) is 10.1 Å². The third-order valence-electron chi connectivity index (χ3n) is 4.89. The highest BCUT2D eigenvalue weighted by molar-refractivity contribution is 8.00. The first-order valence-corrected chi connectivity index (χ1v) is 10.0. The predicted molar refractivity (Wildman–Crippen MR) is 101 cm³/mol. The summed E-state index contributed by atoms with van der Waals surface area (Å²) in [5.41, 5.74) is -1.23. The normalized spacial score (nSPS) is 39.5. The first-order valence-electron chi connectivity index (χ1n) is 9.07. The lowest BCUT2D eigenvalue weighted by Crippen LogP contribution is -2.59. The fourth-order valence-electron chi connectivity index (χ4n) is 3.12. The molecule has 0 radical (unpaired) electrons. The average Bonchev–Trinajstić information content (AvgIpc) is 2.74. The monoisotopic (exact) mass is 449 g/mol. The van der Waals surface area contributed by atoms with E-state index in [1.165, 1.54) is 24.3 Å². The lowest BCUT2D eigenvalue weighted by Gasteiger charge is -2.43. The maximum absolute atomic E-state index is 10.7. The Morgan fingerprint density at radius 1 is 1.03 bits per heavy atom. The molecule has 1 aromatic carbocycles. The summed E-state index contributed by atoms with van der Waals surface area (Å²) < 4.78 is 16.3. The van der Waals surface area contributed by atoms with Gasteiger partial charge in [-0.1, -0.05) is 0 Å². The van der Waals surface area contributed by atoms with Crippen molar-refractivity contribution in [3.8, 4) is 5.75 Å². The maximum Gasteiger partial charge on any atom is 0.269 e. The summed E-state index contributed by atoms with van der Waals surface area (Å²) in [5, 5.41) is 69.8. The van der Waals surface area contributed by atoms with Crippen LogP contribution in [0.5, 0.6) is 5.75 Å². The van der Waals surface area contributed by atoms with Gasteiger partial charge in [0.1, 0.15) is 47.8 Å². The van der Waals surface area contributed by atoms with E-state index in [2.05, 4.69) is 0 Å². The van der Waals surface area contributed by atoms with E-state index in [0.717, 1.165) is 11.8 Å². The van der Waals surface area contributed by atoms with E-state index in [0.29, 0.717) is 0 Å². The van der Waals surface area contributed by atoms with Crippen molar-refractivity contribution in [2.24, 2.45) is 0 Å². The SMILES string of the molecule is O=[N+]([O-])c1ccc(O[C@@H]2OC[C@@H](S[C@@H]3O[C@H](CO)[C@@H](O)[C@H](O)[C@H]3O)[C@H](O)[C@H]2O)cc1. The number of hydrogen-bond donors (Lipinski definition) is 6. The molecule has 13 heteroatoms. The molecule has 2 aliphatic heterocycles. The molecule has 0 saturated carbocycles. The van der Waals surface area contributed by atoms with E-state index in [-0.39, 0.29) is 18.0 Å². The van der Waals surface area contributed by atoms with Gasteiger partial charge in [0.05, 0.1) is 23.4 Å². The van der Waals surface area contributed by atoms with Crippen molar-refractivity contribution in [1.29, 1.82) is 0 Å². The molecule has 0 aliphatic carbocycles. The van der Waals surface area contributed by atoms with E-state index in [1.807, 2.05) is 0 Å². The Morgan fingerprint density at radius 3 is 2.30 bits per heavy atom. The summed E-state index contributed by atoms with van der Waals surface area (Å²) in [4.78, 5) is 10.1.